The molecule has 1 aromatic rings. The van der Waals surface area contributed by atoms with Gasteiger partial charge in [0, 0.05) is 38.5 Å². The normalized spacial score (nSPS) is 23.0. The van der Waals surface area contributed by atoms with Crippen LogP contribution in [0.1, 0.15) is 19.3 Å². The van der Waals surface area contributed by atoms with Crippen molar-refractivity contribution in [2.24, 2.45) is 5.92 Å². The SMILES string of the molecule is O=C(COc1ccc(Cl)c(F)c1)NC[C@@H]1CCN(C(=O)COC2CC(OC(F)(F)F)C2)C1. The van der Waals surface area contributed by atoms with E-state index < -0.39 is 24.4 Å². The molecule has 1 aromatic carbocycles. The molecule has 1 heterocycles. The van der Waals surface area contributed by atoms with Crippen LogP contribution in [0.3, 0.4) is 0 Å². The molecule has 1 aliphatic heterocycles. The summed E-state index contributed by atoms with van der Waals surface area (Å²) in [5.41, 5.74) is 0. The Kier molecular flexibility index (Phi) is 8.18. The Balaban J connectivity index is 1.27. The van der Waals surface area contributed by atoms with E-state index in [1.165, 1.54) is 12.1 Å². The number of benzene rings is 1. The number of carbonyl (C=O) groups excluding carboxylic acids is 2. The van der Waals surface area contributed by atoms with Crippen LogP contribution in [0.2, 0.25) is 5.02 Å². The topological polar surface area (TPSA) is 77.1 Å². The first-order valence-electron chi connectivity index (χ1n) is 10.1. The van der Waals surface area contributed by atoms with Crippen LogP contribution in [0.4, 0.5) is 17.6 Å². The molecule has 1 saturated heterocycles. The third-order valence-corrected chi connectivity index (χ3v) is 5.59. The van der Waals surface area contributed by atoms with Crippen LogP contribution < -0.4 is 10.1 Å². The second kappa shape index (κ2) is 10.7. The third kappa shape index (κ3) is 7.49. The predicted molar refractivity (Wildman–Crippen MR) is 105 cm³/mol. The average molecular weight is 483 g/mol. The fourth-order valence-corrected chi connectivity index (χ4v) is 3.59. The van der Waals surface area contributed by atoms with Crippen molar-refractivity contribution < 1.29 is 41.4 Å². The van der Waals surface area contributed by atoms with Crippen LogP contribution in [0.5, 0.6) is 5.75 Å². The van der Waals surface area contributed by atoms with Crippen molar-refractivity contribution >= 4 is 23.4 Å². The standard InChI is InChI=1S/C20H23ClF4N2O5/c21-16-2-1-13(7-17(16)22)30-10-18(28)26-8-12-3-4-27(9-12)19(29)11-31-14-5-15(6-14)32-20(23,24)25/h1-2,7,12,14-15H,3-6,8-11H2,(H,26,28)/t12-,14?,15?/m0/s1. The number of hydrogen-bond acceptors (Lipinski definition) is 5. The number of alkyl halides is 3. The van der Waals surface area contributed by atoms with Gasteiger partial charge in [-0.15, -0.1) is 13.2 Å². The first kappa shape index (κ1) is 24.5. The number of likely N-dealkylation sites (tertiary alicyclic amines) is 1. The summed E-state index contributed by atoms with van der Waals surface area (Å²) >= 11 is 5.58. The fraction of sp³-hybridized carbons (Fsp3) is 0.600. The molecule has 7 nitrogen and oxygen atoms in total. The molecule has 0 spiro atoms. The average Bonchev–Trinajstić information content (AvgIpc) is 3.17. The quantitative estimate of drug-likeness (QED) is 0.548. The molecule has 2 amide bonds. The van der Waals surface area contributed by atoms with E-state index in [-0.39, 0.29) is 54.6 Å². The maximum absolute atomic E-state index is 13.4. The minimum atomic E-state index is -4.66. The van der Waals surface area contributed by atoms with E-state index in [9.17, 15) is 27.2 Å². The number of hydrogen-bond donors (Lipinski definition) is 1. The van der Waals surface area contributed by atoms with Crippen molar-refractivity contribution in [1.29, 1.82) is 0 Å². The zero-order valence-electron chi connectivity index (χ0n) is 17.0. The lowest BCUT2D eigenvalue weighted by Gasteiger charge is -2.35. The number of ether oxygens (including phenoxy) is 3. The van der Waals surface area contributed by atoms with Crippen molar-refractivity contribution in [2.45, 2.75) is 37.8 Å². The Morgan fingerprint density at radius 1 is 1.19 bits per heavy atom. The van der Waals surface area contributed by atoms with E-state index in [4.69, 9.17) is 21.1 Å². The zero-order valence-corrected chi connectivity index (χ0v) is 17.8. The third-order valence-electron chi connectivity index (χ3n) is 5.28. The zero-order chi connectivity index (χ0) is 23.3. The van der Waals surface area contributed by atoms with Crippen molar-refractivity contribution in [3.63, 3.8) is 0 Å². The number of nitrogens with zero attached hydrogens (tertiary/aromatic N) is 1. The molecule has 0 radical (unpaired) electrons. The highest BCUT2D eigenvalue weighted by atomic mass is 35.5. The van der Waals surface area contributed by atoms with Crippen LogP contribution in [0, 0.1) is 11.7 Å². The Hall–Kier alpha value is -2.11. The minimum Gasteiger partial charge on any atom is -0.484 e. The van der Waals surface area contributed by atoms with E-state index in [1.54, 1.807) is 4.90 Å². The number of nitrogens with one attached hydrogen (secondary N) is 1. The van der Waals surface area contributed by atoms with Gasteiger partial charge in [0.05, 0.1) is 17.2 Å². The van der Waals surface area contributed by atoms with E-state index in [2.05, 4.69) is 10.1 Å². The summed E-state index contributed by atoms with van der Waals surface area (Å²) in [4.78, 5) is 25.8. The Morgan fingerprint density at radius 2 is 1.94 bits per heavy atom. The van der Waals surface area contributed by atoms with Gasteiger partial charge in [-0.1, -0.05) is 11.6 Å². The molecular weight excluding hydrogens is 460 g/mol. The molecule has 3 rings (SSSR count). The molecule has 178 valence electrons. The van der Waals surface area contributed by atoms with Crippen molar-refractivity contribution in [1.82, 2.24) is 10.2 Å². The summed E-state index contributed by atoms with van der Waals surface area (Å²) < 4.78 is 64.1. The summed E-state index contributed by atoms with van der Waals surface area (Å²) in [5, 5.41) is 2.67. The monoisotopic (exact) mass is 482 g/mol. The Labute approximate surface area is 186 Å². The predicted octanol–water partition coefficient (Wildman–Crippen LogP) is 2.91. The summed E-state index contributed by atoms with van der Waals surface area (Å²) in [6.45, 7) is 0.809. The number of rotatable bonds is 9. The fourth-order valence-electron chi connectivity index (χ4n) is 3.47. The minimum absolute atomic E-state index is 0.0418. The molecule has 1 atom stereocenters. The van der Waals surface area contributed by atoms with Crippen molar-refractivity contribution in [2.75, 3.05) is 32.8 Å². The summed E-state index contributed by atoms with van der Waals surface area (Å²) in [7, 11) is 0. The lowest BCUT2D eigenvalue weighted by Crippen LogP contribution is -2.42. The highest BCUT2D eigenvalue weighted by Crippen LogP contribution is 2.32. The smallest absolute Gasteiger partial charge is 0.484 e. The maximum atomic E-state index is 13.4. The maximum Gasteiger partial charge on any atom is 0.522 e. The van der Waals surface area contributed by atoms with E-state index in [0.29, 0.717) is 26.1 Å². The molecule has 2 fully saturated rings. The molecule has 1 saturated carbocycles. The van der Waals surface area contributed by atoms with Gasteiger partial charge in [0.15, 0.2) is 6.61 Å². The lowest BCUT2D eigenvalue weighted by atomic mass is 9.92. The number of halogens is 5. The van der Waals surface area contributed by atoms with Crippen LogP contribution in [0.15, 0.2) is 18.2 Å². The molecule has 0 unspecified atom stereocenters. The van der Waals surface area contributed by atoms with Gasteiger partial charge in [-0.05, 0) is 24.5 Å². The molecule has 0 aromatic heterocycles. The van der Waals surface area contributed by atoms with Crippen LogP contribution in [0.25, 0.3) is 0 Å². The Morgan fingerprint density at radius 3 is 2.62 bits per heavy atom. The van der Waals surface area contributed by atoms with Gasteiger partial charge < -0.3 is 19.7 Å². The van der Waals surface area contributed by atoms with Gasteiger partial charge in [-0.2, -0.15) is 0 Å². The molecule has 1 N–H and O–H groups in total. The van der Waals surface area contributed by atoms with Crippen LogP contribution in [-0.2, 0) is 19.1 Å². The van der Waals surface area contributed by atoms with Gasteiger partial charge in [-0.3, -0.25) is 14.3 Å². The molecular formula is C20H23ClF4N2O5. The molecule has 12 heteroatoms. The highest BCUT2D eigenvalue weighted by molar-refractivity contribution is 6.30. The molecule has 32 heavy (non-hydrogen) atoms. The van der Waals surface area contributed by atoms with Crippen molar-refractivity contribution in [3.8, 4) is 5.75 Å². The largest absolute Gasteiger partial charge is 0.522 e. The number of carbonyl (C=O) groups is 2. The first-order valence-corrected chi connectivity index (χ1v) is 10.5. The van der Waals surface area contributed by atoms with Gasteiger partial charge in [0.1, 0.15) is 18.2 Å². The van der Waals surface area contributed by atoms with Crippen LogP contribution >= 0.6 is 11.6 Å². The second-order valence-corrected chi connectivity index (χ2v) is 8.16. The highest BCUT2D eigenvalue weighted by Gasteiger charge is 2.41. The molecule has 1 aliphatic carbocycles. The van der Waals surface area contributed by atoms with E-state index in [1.807, 2.05) is 0 Å². The molecule has 2 aliphatic rings. The summed E-state index contributed by atoms with van der Waals surface area (Å²) in [5.74, 6) is -1.02. The van der Waals surface area contributed by atoms with Crippen molar-refractivity contribution in [3.05, 3.63) is 29.0 Å². The second-order valence-electron chi connectivity index (χ2n) is 7.75. The van der Waals surface area contributed by atoms with E-state index in [0.717, 1.165) is 6.07 Å². The van der Waals surface area contributed by atoms with Gasteiger partial charge in [0.25, 0.3) is 5.91 Å². The van der Waals surface area contributed by atoms with E-state index >= 15 is 0 Å². The van der Waals surface area contributed by atoms with Gasteiger partial charge in [0.2, 0.25) is 5.91 Å². The molecule has 0 bridgehead atoms. The lowest BCUT2D eigenvalue weighted by molar-refractivity contribution is -0.357. The number of amides is 2. The Bertz CT molecular complexity index is 820. The first-order chi connectivity index (χ1) is 15.1. The summed E-state index contributed by atoms with van der Waals surface area (Å²) in [6.07, 6.45) is -5.10. The van der Waals surface area contributed by atoms with Gasteiger partial charge in [-0.25, -0.2) is 4.39 Å². The van der Waals surface area contributed by atoms with Gasteiger partial charge >= 0.3 is 6.36 Å². The van der Waals surface area contributed by atoms with Crippen LogP contribution in [-0.4, -0.2) is 68.1 Å². The summed E-state index contributed by atoms with van der Waals surface area (Å²) in [6, 6.07) is 3.87.